The van der Waals surface area contributed by atoms with Crippen molar-refractivity contribution in [2.24, 2.45) is 16.0 Å². The molecule has 0 bridgehead atoms. The Kier molecular flexibility index (Phi) is 5.93. The largest absolute Gasteiger partial charge is 0.467 e. The van der Waals surface area contributed by atoms with Crippen LogP contribution in [0.2, 0.25) is 0 Å². The van der Waals surface area contributed by atoms with Crippen LogP contribution >= 0.6 is 15.9 Å². The molecule has 0 spiro atoms. The standard InChI is InChI=1S/C30H22BrN3O3/c1-18-9-11-20(12-10-18)30(36)34-25(26-8-5-15-37-26)17-24(33-34)28-27(19-6-3-2-4-7-19)22-16-21(31)13-14-23(22)32-29(28)35/h2-16,22,25H,17H2,1H3. The Balaban J connectivity index is 1.50. The van der Waals surface area contributed by atoms with E-state index in [9.17, 15) is 9.59 Å². The van der Waals surface area contributed by atoms with Crippen LogP contribution in [-0.2, 0) is 4.79 Å². The van der Waals surface area contributed by atoms with Gasteiger partial charge >= 0.3 is 0 Å². The number of benzene rings is 2. The summed E-state index contributed by atoms with van der Waals surface area (Å²) in [6.07, 6.45) is 7.71. The first-order valence-corrected chi connectivity index (χ1v) is 12.8. The number of dihydropyridines is 1. The van der Waals surface area contributed by atoms with Gasteiger partial charge in [0.25, 0.3) is 11.8 Å². The van der Waals surface area contributed by atoms with E-state index in [0.717, 1.165) is 21.2 Å². The Morgan fingerprint density at radius 3 is 2.54 bits per heavy atom. The molecule has 2 amide bonds. The number of halogens is 1. The number of nitrogens with zero attached hydrogens (tertiary/aromatic N) is 3. The molecule has 2 aliphatic heterocycles. The van der Waals surface area contributed by atoms with Crippen molar-refractivity contribution in [3.8, 4) is 0 Å². The number of carbonyl (C=O) groups is 2. The number of hydrogen-bond donors (Lipinski definition) is 0. The molecule has 6 nitrogen and oxygen atoms in total. The normalized spacial score (nSPS) is 21.0. The van der Waals surface area contributed by atoms with Crippen molar-refractivity contribution in [1.29, 1.82) is 0 Å². The van der Waals surface area contributed by atoms with Crippen molar-refractivity contribution in [3.05, 3.63) is 124 Å². The SMILES string of the molecule is Cc1ccc(C(=O)N2N=C(C3=C(c4ccccc4)C4C=C(Br)C=CC4=NC3=O)CC2c2ccco2)cc1. The number of aryl methyl sites for hydroxylation is 1. The monoisotopic (exact) mass is 551 g/mol. The average Bonchev–Trinajstić information content (AvgIpc) is 3.59. The number of hydrazone groups is 1. The maximum atomic E-state index is 13.6. The fraction of sp³-hybridized carbons (Fsp3) is 0.133. The van der Waals surface area contributed by atoms with Gasteiger partial charge in [0.1, 0.15) is 11.8 Å². The van der Waals surface area contributed by atoms with Gasteiger partial charge in [-0.2, -0.15) is 5.10 Å². The van der Waals surface area contributed by atoms with Crippen LogP contribution in [0.4, 0.5) is 0 Å². The molecule has 2 aromatic carbocycles. The first-order valence-electron chi connectivity index (χ1n) is 12.0. The maximum absolute atomic E-state index is 13.6. The summed E-state index contributed by atoms with van der Waals surface area (Å²) in [6.45, 7) is 1.97. The van der Waals surface area contributed by atoms with Gasteiger partial charge in [0.2, 0.25) is 0 Å². The minimum Gasteiger partial charge on any atom is -0.467 e. The van der Waals surface area contributed by atoms with Crippen molar-refractivity contribution in [2.75, 3.05) is 0 Å². The van der Waals surface area contributed by atoms with E-state index in [0.29, 0.717) is 34.7 Å². The van der Waals surface area contributed by atoms with Crippen LogP contribution in [0.1, 0.15) is 39.7 Å². The third kappa shape index (κ3) is 4.25. The third-order valence-corrected chi connectivity index (χ3v) is 7.27. The Bertz CT molecular complexity index is 1550. The van der Waals surface area contributed by atoms with Crippen molar-refractivity contribution < 1.29 is 14.0 Å². The molecule has 2 unspecified atom stereocenters. The van der Waals surface area contributed by atoms with Crippen LogP contribution in [-0.4, -0.2) is 28.2 Å². The predicted octanol–water partition coefficient (Wildman–Crippen LogP) is 6.43. The van der Waals surface area contributed by atoms with Gasteiger partial charge in [0.05, 0.1) is 23.3 Å². The number of amides is 2. The first kappa shape index (κ1) is 23.3. The lowest BCUT2D eigenvalue weighted by atomic mass is 9.79. The fourth-order valence-corrected chi connectivity index (χ4v) is 5.35. The summed E-state index contributed by atoms with van der Waals surface area (Å²) < 4.78 is 6.62. The van der Waals surface area contributed by atoms with Crippen LogP contribution in [0.3, 0.4) is 0 Å². The second-order valence-corrected chi connectivity index (χ2v) is 10.1. The van der Waals surface area contributed by atoms with E-state index in [-0.39, 0.29) is 17.7 Å². The molecular weight excluding hydrogens is 530 g/mol. The van der Waals surface area contributed by atoms with Gasteiger partial charge in [-0.25, -0.2) is 10.0 Å². The van der Waals surface area contributed by atoms with Gasteiger partial charge in [-0.15, -0.1) is 0 Å². The lowest BCUT2D eigenvalue weighted by Gasteiger charge is -2.27. The molecule has 182 valence electrons. The second kappa shape index (κ2) is 9.41. The van der Waals surface area contributed by atoms with E-state index in [1.54, 1.807) is 24.5 Å². The summed E-state index contributed by atoms with van der Waals surface area (Å²) in [6, 6.07) is 20.3. The molecule has 37 heavy (non-hydrogen) atoms. The van der Waals surface area contributed by atoms with Gasteiger partial charge in [0.15, 0.2) is 0 Å². The average molecular weight is 552 g/mol. The topological polar surface area (TPSA) is 75.2 Å². The Hall–Kier alpha value is -4.10. The Morgan fingerprint density at radius 1 is 1.03 bits per heavy atom. The number of carbonyl (C=O) groups excluding carboxylic acids is 2. The predicted molar refractivity (Wildman–Crippen MR) is 146 cm³/mol. The fourth-order valence-electron chi connectivity index (χ4n) is 4.95. The molecule has 7 heteroatoms. The highest BCUT2D eigenvalue weighted by atomic mass is 79.9. The molecule has 0 saturated carbocycles. The summed E-state index contributed by atoms with van der Waals surface area (Å²) in [5.74, 6) is -0.227. The highest BCUT2D eigenvalue weighted by molar-refractivity contribution is 9.11. The quantitative estimate of drug-likeness (QED) is 0.374. The van der Waals surface area contributed by atoms with Crippen molar-refractivity contribution >= 4 is 44.7 Å². The van der Waals surface area contributed by atoms with Gasteiger partial charge in [-0.05, 0) is 54.5 Å². The van der Waals surface area contributed by atoms with Crippen LogP contribution in [0.15, 0.2) is 116 Å². The molecule has 1 aromatic heterocycles. The summed E-state index contributed by atoms with van der Waals surface area (Å²) >= 11 is 3.58. The van der Waals surface area contributed by atoms with Gasteiger partial charge < -0.3 is 4.42 Å². The number of rotatable bonds is 4. The highest BCUT2D eigenvalue weighted by Crippen LogP contribution is 2.41. The van der Waals surface area contributed by atoms with Crippen molar-refractivity contribution in [3.63, 3.8) is 0 Å². The summed E-state index contributed by atoms with van der Waals surface area (Å²) in [5, 5.41) is 6.21. The van der Waals surface area contributed by atoms with Crippen LogP contribution < -0.4 is 0 Å². The zero-order valence-corrected chi connectivity index (χ0v) is 21.6. The molecule has 6 rings (SSSR count). The zero-order chi connectivity index (χ0) is 25.5. The van der Waals surface area contributed by atoms with E-state index in [1.165, 1.54) is 5.01 Å². The van der Waals surface area contributed by atoms with Gasteiger partial charge in [-0.3, -0.25) is 9.59 Å². The molecule has 0 fully saturated rings. The molecule has 3 aliphatic rings. The number of allylic oxidation sites excluding steroid dienone is 5. The molecule has 1 aliphatic carbocycles. The van der Waals surface area contributed by atoms with E-state index >= 15 is 0 Å². The summed E-state index contributed by atoms with van der Waals surface area (Å²) in [7, 11) is 0. The van der Waals surface area contributed by atoms with Crippen LogP contribution in [0.25, 0.3) is 5.57 Å². The molecule has 3 heterocycles. The van der Waals surface area contributed by atoms with Crippen molar-refractivity contribution in [2.45, 2.75) is 19.4 Å². The lowest BCUT2D eigenvalue weighted by molar-refractivity contribution is -0.113. The van der Waals surface area contributed by atoms with E-state index < -0.39 is 6.04 Å². The van der Waals surface area contributed by atoms with Crippen LogP contribution in [0.5, 0.6) is 0 Å². The smallest absolute Gasteiger partial charge is 0.279 e. The third-order valence-electron chi connectivity index (χ3n) is 6.74. The van der Waals surface area contributed by atoms with Gasteiger partial charge in [-0.1, -0.05) is 70.0 Å². The first-order chi connectivity index (χ1) is 18.0. The van der Waals surface area contributed by atoms with E-state index in [1.807, 2.05) is 73.7 Å². The molecule has 0 radical (unpaired) electrons. The molecular formula is C30H22BrN3O3. The van der Waals surface area contributed by atoms with Gasteiger partial charge in [0, 0.05) is 22.4 Å². The number of furan rings is 1. The number of fused-ring (bicyclic) bond motifs is 1. The minimum absolute atomic E-state index is 0.221. The Labute approximate surface area is 222 Å². The second-order valence-electron chi connectivity index (χ2n) is 9.16. The minimum atomic E-state index is -0.477. The zero-order valence-electron chi connectivity index (χ0n) is 20.0. The Morgan fingerprint density at radius 2 is 1.81 bits per heavy atom. The van der Waals surface area contributed by atoms with Crippen molar-refractivity contribution in [1.82, 2.24) is 5.01 Å². The number of hydrogen-bond acceptors (Lipinski definition) is 4. The maximum Gasteiger partial charge on any atom is 0.279 e. The number of aliphatic imine (C=N–C) groups is 1. The lowest BCUT2D eigenvalue weighted by Crippen LogP contribution is -2.27. The summed E-state index contributed by atoms with van der Waals surface area (Å²) in [5.41, 5.74) is 4.96. The van der Waals surface area contributed by atoms with Crippen LogP contribution in [0, 0.1) is 12.8 Å². The highest BCUT2D eigenvalue weighted by Gasteiger charge is 2.41. The van der Waals surface area contributed by atoms with E-state index in [4.69, 9.17) is 9.52 Å². The molecule has 2 atom stereocenters. The molecule has 3 aromatic rings. The molecule has 0 N–H and O–H groups in total. The summed E-state index contributed by atoms with van der Waals surface area (Å²) in [4.78, 5) is 31.6. The van der Waals surface area contributed by atoms with E-state index in [2.05, 4.69) is 20.9 Å². The molecule has 0 saturated heterocycles.